The minimum atomic E-state index is -1.02. The van der Waals surface area contributed by atoms with E-state index < -0.39 is 23.2 Å². The number of carbonyl (C=O) groups excluding carboxylic acids is 3. The predicted octanol–water partition coefficient (Wildman–Crippen LogP) is 5.87. The van der Waals surface area contributed by atoms with Crippen LogP contribution in [0.1, 0.15) is 30.5 Å². The summed E-state index contributed by atoms with van der Waals surface area (Å²) in [6.45, 7) is 5.55. The Bertz CT molecular complexity index is 1080. The molecule has 1 atom stereocenters. The Balaban J connectivity index is 1.78. The number of carbonyl (C=O) groups is 3. The van der Waals surface area contributed by atoms with E-state index in [1.165, 1.54) is 13.0 Å². The topological polar surface area (TPSA) is 72.9 Å². The van der Waals surface area contributed by atoms with Gasteiger partial charge in [-0.1, -0.05) is 53.0 Å². The van der Waals surface area contributed by atoms with Gasteiger partial charge >= 0.3 is 5.97 Å². The van der Waals surface area contributed by atoms with E-state index in [0.717, 1.165) is 27.8 Å². The number of amides is 2. The number of ether oxygens (including phenoxy) is 2. The summed E-state index contributed by atoms with van der Waals surface area (Å²) in [6.07, 6.45) is 1.50. The van der Waals surface area contributed by atoms with E-state index in [9.17, 15) is 14.4 Å². The third-order valence-corrected chi connectivity index (χ3v) is 6.07. The van der Waals surface area contributed by atoms with Gasteiger partial charge < -0.3 is 9.47 Å². The van der Waals surface area contributed by atoms with Gasteiger partial charge in [0, 0.05) is 0 Å². The molecule has 2 aromatic carbocycles. The first-order valence-electron chi connectivity index (χ1n) is 9.82. The first-order valence-corrected chi connectivity index (χ1v) is 11.4. The number of nitrogens with zero attached hydrogens (tertiary/aromatic N) is 1. The summed E-state index contributed by atoms with van der Waals surface area (Å²) < 4.78 is 10.7. The Morgan fingerprint density at radius 1 is 1.19 bits per heavy atom. The monoisotopic (exact) mass is 493 g/mol. The fourth-order valence-electron chi connectivity index (χ4n) is 3.09. The molecule has 1 aliphatic rings. The first-order chi connectivity index (χ1) is 15.2. The van der Waals surface area contributed by atoms with Gasteiger partial charge in [-0.3, -0.25) is 14.5 Å². The van der Waals surface area contributed by atoms with Crippen LogP contribution in [0.4, 0.5) is 4.79 Å². The van der Waals surface area contributed by atoms with E-state index in [2.05, 4.69) is 0 Å². The van der Waals surface area contributed by atoms with Gasteiger partial charge in [0.15, 0.2) is 5.75 Å². The fraction of sp³-hybridized carbons (Fsp3) is 0.261. The average molecular weight is 494 g/mol. The number of aryl methyl sites for hydroxylation is 1. The number of rotatable bonds is 7. The summed E-state index contributed by atoms with van der Waals surface area (Å²) in [4.78, 5) is 38.0. The van der Waals surface area contributed by atoms with Gasteiger partial charge in [0.2, 0.25) is 0 Å². The Kier molecular flexibility index (Phi) is 7.87. The highest BCUT2D eigenvalue weighted by atomic mass is 35.5. The zero-order valence-corrected chi connectivity index (χ0v) is 20.0. The molecule has 9 heteroatoms. The van der Waals surface area contributed by atoms with E-state index >= 15 is 0 Å². The summed E-state index contributed by atoms with van der Waals surface area (Å²) in [5, 5.41) is 0.00292. The molecule has 2 aromatic rings. The second-order valence-electron chi connectivity index (χ2n) is 7.07. The predicted molar refractivity (Wildman–Crippen MR) is 126 cm³/mol. The lowest BCUT2D eigenvalue weighted by Crippen LogP contribution is -2.42. The van der Waals surface area contributed by atoms with Crippen LogP contribution in [-0.4, -0.2) is 34.7 Å². The molecule has 0 unspecified atom stereocenters. The molecule has 1 saturated heterocycles. The van der Waals surface area contributed by atoms with Crippen molar-refractivity contribution in [1.82, 2.24) is 4.90 Å². The number of hydrogen-bond donors (Lipinski definition) is 0. The highest BCUT2D eigenvalue weighted by Crippen LogP contribution is 2.38. The van der Waals surface area contributed by atoms with Gasteiger partial charge in [0.05, 0.1) is 21.6 Å². The largest absolute Gasteiger partial charge is 0.486 e. The molecule has 32 heavy (non-hydrogen) atoms. The molecule has 0 radical (unpaired) electrons. The summed E-state index contributed by atoms with van der Waals surface area (Å²) >= 11 is 13.5. The summed E-state index contributed by atoms with van der Waals surface area (Å²) in [6, 6.07) is 10.1. The summed E-state index contributed by atoms with van der Waals surface area (Å²) in [5.41, 5.74) is 2.62. The fourth-order valence-corrected chi connectivity index (χ4v) is 4.61. The number of benzene rings is 2. The molecule has 0 N–H and O–H groups in total. The van der Waals surface area contributed by atoms with E-state index in [4.69, 9.17) is 32.7 Å². The minimum absolute atomic E-state index is 0.157. The number of thioether (sulfide) groups is 1. The van der Waals surface area contributed by atoms with Crippen molar-refractivity contribution in [3.63, 3.8) is 0 Å². The maximum absolute atomic E-state index is 12.7. The van der Waals surface area contributed by atoms with Crippen LogP contribution < -0.4 is 4.74 Å². The Morgan fingerprint density at radius 2 is 1.88 bits per heavy atom. The van der Waals surface area contributed by atoms with E-state index in [-0.39, 0.29) is 21.6 Å². The van der Waals surface area contributed by atoms with Gasteiger partial charge in [-0.25, -0.2) is 4.79 Å². The van der Waals surface area contributed by atoms with Crippen LogP contribution in [0.3, 0.4) is 0 Å². The van der Waals surface area contributed by atoms with Crippen molar-refractivity contribution in [2.45, 2.75) is 33.4 Å². The molecule has 6 nitrogen and oxygen atoms in total. The Hall–Kier alpha value is -2.48. The molecule has 168 valence electrons. The van der Waals surface area contributed by atoms with Gasteiger partial charge in [-0.15, -0.1) is 0 Å². The average Bonchev–Trinajstić information content (AvgIpc) is 3.00. The first kappa shape index (κ1) is 24.2. The molecule has 0 bridgehead atoms. The van der Waals surface area contributed by atoms with Crippen LogP contribution in [0.15, 0.2) is 41.3 Å². The molecule has 0 saturated carbocycles. The van der Waals surface area contributed by atoms with Crippen LogP contribution in [0.25, 0.3) is 6.08 Å². The van der Waals surface area contributed by atoms with Crippen LogP contribution in [-0.2, 0) is 20.9 Å². The molecular formula is C23H21Cl2NO5S. The lowest BCUT2D eigenvalue weighted by Gasteiger charge is -2.19. The van der Waals surface area contributed by atoms with Crippen molar-refractivity contribution in [1.29, 1.82) is 0 Å². The molecule has 2 amide bonds. The SMILES string of the molecule is CCOC(=O)[C@@H](C)N1C(=O)S/C(=C/c2cc(Cl)c(OCc3cccc(C)c3)c(Cl)c2)C1=O. The molecule has 0 aromatic heterocycles. The number of hydrogen-bond acceptors (Lipinski definition) is 6. The van der Waals surface area contributed by atoms with Crippen molar-refractivity contribution in [3.8, 4) is 5.75 Å². The lowest BCUT2D eigenvalue weighted by atomic mass is 10.1. The molecule has 1 fully saturated rings. The van der Waals surface area contributed by atoms with E-state index in [1.807, 2.05) is 31.2 Å². The highest BCUT2D eigenvalue weighted by Gasteiger charge is 2.41. The Morgan fingerprint density at radius 3 is 2.50 bits per heavy atom. The van der Waals surface area contributed by atoms with Crippen molar-refractivity contribution in [2.24, 2.45) is 0 Å². The normalized spacial score (nSPS) is 15.9. The highest BCUT2D eigenvalue weighted by molar-refractivity contribution is 8.18. The van der Waals surface area contributed by atoms with Crippen molar-refractivity contribution in [2.75, 3.05) is 6.61 Å². The number of esters is 1. The molecule has 3 rings (SSSR count). The smallest absolute Gasteiger partial charge is 0.329 e. The van der Waals surface area contributed by atoms with Gasteiger partial charge in [0.25, 0.3) is 11.1 Å². The molecular weight excluding hydrogens is 473 g/mol. The van der Waals surface area contributed by atoms with Gasteiger partial charge in [-0.05, 0) is 61.9 Å². The van der Waals surface area contributed by atoms with E-state index in [0.29, 0.717) is 17.9 Å². The standard InChI is InChI=1S/C23H21Cl2NO5S/c1-4-30-22(28)14(3)26-21(27)19(32-23(26)29)11-16-9-17(24)20(18(25)10-16)31-12-15-7-5-6-13(2)8-15/h5-11,14H,4,12H2,1-3H3/b19-11+/t14-/m1/s1. The maximum Gasteiger partial charge on any atom is 0.329 e. The lowest BCUT2D eigenvalue weighted by molar-refractivity contribution is -0.150. The molecule has 1 heterocycles. The van der Waals surface area contributed by atoms with Gasteiger partial charge in [0.1, 0.15) is 12.6 Å². The molecule has 0 spiro atoms. The number of imide groups is 1. The van der Waals surface area contributed by atoms with Gasteiger partial charge in [-0.2, -0.15) is 0 Å². The summed E-state index contributed by atoms with van der Waals surface area (Å²) in [5.74, 6) is -0.888. The van der Waals surface area contributed by atoms with Crippen molar-refractivity contribution >= 4 is 58.2 Å². The van der Waals surface area contributed by atoms with Crippen molar-refractivity contribution in [3.05, 3.63) is 68.0 Å². The third kappa shape index (κ3) is 5.46. The Labute approximate surface area is 200 Å². The maximum atomic E-state index is 12.7. The molecule has 1 aliphatic heterocycles. The molecule has 0 aliphatic carbocycles. The zero-order valence-electron chi connectivity index (χ0n) is 17.7. The second-order valence-corrected chi connectivity index (χ2v) is 8.88. The second kappa shape index (κ2) is 10.4. The summed E-state index contributed by atoms with van der Waals surface area (Å²) in [7, 11) is 0. The van der Waals surface area contributed by atoms with Crippen LogP contribution in [0.2, 0.25) is 10.0 Å². The zero-order chi connectivity index (χ0) is 23.4. The van der Waals surface area contributed by atoms with Crippen molar-refractivity contribution < 1.29 is 23.9 Å². The third-order valence-electron chi connectivity index (χ3n) is 4.62. The minimum Gasteiger partial charge on any atom is -0.486 e. The van der Waals surface area contributed by atoms with Crippen LogP contribution in [0.5, 0.6) is 5.75 Å². The quantitative estimate of drug-likeness (QED) is 0.354. The number of halogens is 2. The van der Waals surface area contributed by atoms with Crippen LogP contribution >= 0.6 is 35.0 Å². The van der Waals surface area contributed by atoms with E-state index in [1.54, 1.807) is 19.1 Å². The van der Waals surface area contributed by atoms with Crippen LogP contribution in [0, 0.1) is 6.92 Å².